The molecule has 0 saturated heterocycles. The predicted octanol–water partition coefficient (Wildman–Crippen LogP) is 1.67. The van der Waals surface area contributed by atoms with Gasteiger partial charge < -0.3 is 10.6 Å². The summed E-state index contributed by atoms with van der Waals surface area (Å²) in [7, 11) is 0. The molecule has 3 N–H and O–H groups in total. The van der Waals surface area contributed by atoms with Gasteiger partial charge in [0.2, 0.25) is 11.0 Å². The molecule has 1 heterocycles. The molecule has 2 rings (SSSR count). The topological polar surface area (TPSA) is 96.0 Å². The van der Waals surface area contributed by atoms with Gasteiger partial charge in [-0.05, 0) is 19.4 Å². The van der Waals surface area contributed by atoms with Crippen molar-refractivity contribution in [2.24, 2.45) is 0 Å². The maximum atomic E-state index is 11.9. The Balaban J connectivity index is 1.77. The van der Waals surface area contributed by atoms with E-state index >= 15 is 0 Å². The summed E-state index contributed by atoms with van der Waals surface area (Å²) in [6, 6.07) is 8.42. The number of carbonyl (C=O) groups is 2. The first kappa shape index (κ1) is 15.9. The van der Waals surface area contributed by atoms with Crippen LogP contribution in [0.1, 0.15) is 17.5 Å². The Labute approximate surface area is 132 Å². The summed E-state index contributed by atoms with van der Waals surface area (Å²) in [5.74, 6) is -0.257. The number of rotatable bonds is 5. The number of aryl methyl sites for hydroxylation is 1. The first-order valence-electron chi connectivity index (χ1n) is 6.74. The van der Waals surface area contributed by atoms with Crippen molar-refractivity contribution in [1.82, 2.24) is 20.8 Å². The Kier molecular flexibility index (Phi) is 5.42. The fraction of sp³-hybridized carbons (Fsp3) is 0.286. The minimum absolute atomic E-state index is 0.257. The molecule has 0 aliphatic rings. The minimum atomic E-state index is -0.655. The molecule has 1 unspecified atom stereocenters. The van der Waals surface area contributed by atoms with Crippen LogP contribution in [0.2, 0.25) is 0 Å². The molecule has 0 fully saturated rings. The standard InChI is InChI=1S/C14H17N5O2S/c1-9(12(20)15-8-11-6-4-3-5-7-11)16-13(21)17-14-19-18-10(2)22-14/h3-7,9H,8H2,1-2H3,(H,15,20)(H2,16,17,19,21). The van der Waals surface area contributed by atoms with Gasteiger partial charge in [0.1, 0.15) is 11.0 Å². The molecule has 3 amide bonds. The van der Waals surface area contributed by atoms with E-state index in [9.17, 15) is 9.59 Å². The molecule has 0 aliphatic heterocycles. The van der Waals surface area contributed by atoms with E-state index in [-0.39, 0.29) is 5.91 Å². The number of hydrogen-bond acceptors (Lipinski definition) is 5. The molecule has 2 aromatic rings. The van der Waals surface area contributed by atoms with E-state index < -0.39 is 12.1 Å². The molecule has 0 radical (unpaired) electrons. The van der Waals surface area contributed by atoms with Crippen LogP contribution in [0, 0.1) is 6.92 Å². The molecule has 1 aromatic heterocycles. The van der Waals surface area contributed by atoms with Crippen LogP contribution in [-0.2, 0) is 11.3 Å². The molecule has 0 bridgehead atoms. The van der Waals surface area contributed by atoms with Crippen molar-refractivity contribution in [3.63, 3.8) is 0 Å². The van der Waals surface area contributed by atoms with Crippen LogP contribution in [0.4, 0.5) is 9.93 Å². The van der Waals surface area contributed by atoms with E-state index in [1.54, 1.807) is 13.8 Å². The summed E-state index contributed by atoms with van der Waals surface area (Å²) in [5, 5.41) is 16.6. The van der Waals surface area contributed by atoms with Gasteiger partial charge in [0.15, 0.2) is 0 Å². The second-order valence-electron chi connectivity index (χ2n) is 4.65. The highest BCUT2D eigenvalue weighted by molar-refractivity contribution is 7.15. The van der Waals surface area contributed by atoms with Crippen LogP contribution >= 0.6 is 11.3 Å². The fourth-order valence-electron chi connectivity index (χ4n) is 1.68. The van der Waals surface area contributed by atoms with Gasteiger partial charge in [-0.3, -0.25) is 10.1 Å². The van der Waals surface area contributed by atoms with Gasteiger partial charge in [-0.1, -0.05) is 41.7 Å². The summed E-state index contributed by atoms with van der Waals surface area (Å²) < 4.78 is 0. The second-order valence-corrected chi connectivity index (χ2v) is 5.83. The molecule has 22 heavy (non-hydrogen) atoms. The molecule has 0 spiro atoms. The first-order valence-corrected chi connectivity index (χ1v) is 7.55. The lowest BCUT2D eigenvalue weighted by Crippen LogP contribution is -2.46. The minimum Gasteiger partial charge on any atom is -0.350 e. The van der Waals surface area contributed by atoms with Crippen LogP contribution in [0.15, 0.2) is 30.3 Å². The number of nitrogens with zero attached hydrogens (tertiary/aromatic N) is 2. The molecular formula is C14H17N5O2S. The number of nitrogens with one attached hydrogen (secondary N) is 3. The van der Waals surface area contributed by atoms with Gasteiger partial charge in [-0.25, -0.2) is 4.79 Å². The molecule has 116 valence electrons. The average molecular weight is 319 g/mol. The van der Waals surface area contributed by atoms with E-state index in [4.69, 9.17) is 0 Å². The normalized spacial score (nSPS) is 11.5. The molecule has 7 nitrogen and oxygen atoms in total. The Morgan fingerprint density at radius 2 is 1.95 bits per heavy atom. The maximum Gasteiger partial charge on any atom is 0.321 e. The van der Waals surface area contributed by atoms with Gasteiger partial charge >= 0.3 is 6.03 Å². The summed E-state index contributed by atoms with van der Waals surface area (Å²) in [4.78, 5) is 23.7. The lowest BCUT2D eigenvalue weighted by atomic mass is 10.2. The van der Waals surface area contributed by atoms with Gasteiger partial charge in [-0.2, -0.15) is 0 Å². The largest absolute Gasteiger partial charge is 0.350 e. The first-order chi connectivity index (χ1) is 10.5. The van der Waals surface area contributed by atoms with Gasteiger partial charge in [0, 0.05) is 6.54 Å². The Morgan fingerprint density at radius 1 is 1.23 bits per heavy atom. The van der Waals surface area contributed by atoms with Crippen molar-refractivity contribution in [3.8, 4) is 0 Å². The smallest absolute Gasteiger partial charge is 0.321 e. The second kappa shape index (κ2) is 7.51. The quantitative estimate of drug-likeness (QED) is 0.781. The van der Waals surface area contributed by atoms with E-state index in [0.717, 1.165) is 10.6 Å². The van der Waals surface area contributed by atoms with Crippen LogP contribution in [-0.4, -0.2) is 28.2 Å². The van der Waals surface area contributed by atoms with Crippen molar-refractivity contribution in [3.05, 3.63) is 40.9 Å². The van der Waals surface area contributed by atoms with Gasteiger partial charge in [0.05, 0.1) is 0 Å². The fourth-order valence-corrected chi connectivity index (χ4v) is 2.27. The number of hydrogen-bond donors (Lipinski definition) is 3. The molecule has 1 aromatic carbocycles. The zero-order valence-corrected chi connectivity index (χ0v) is 13.1. The SMILES string of the molecule is Cc1nnc(NC(=O)NC(C)C(=O)NCc2ccccc2)s1. The third-order valence-corrected chi connectivity index (χ3v) is 3.55. The van der Waals surface area contributed by atoms with Crippen molar-refractivity contribution in [1.29, 1.82) is 0 Å². The highest BCUT2D eigenvalue weighted by Gasteiger charge is 2.16. The number of benzene rings is 1. The summed E-state index contributed by atoms with van der Waals surface area (Å²) in [6.45, 7) is 3.83. The van der Waals surface area contributed by atoms with E-state index in [1.807, 2.05) is 30.3 Å². The van der Waals surface area contributed by atoms with Gasteiger partial charge in [-0.15, -0.1) is 10.2 Å². The lowest BCUT2D eigenvalue weighted by molar-refractivity contribution is -0.122. The number of amides is 3. The maximum absolute atomic E-state index is 11.9. The number of aromatic nitrogens is 2. The molecular weight excluding hydrogens is 302 g/mol. The van der Waals surface area contributed by atoms with E-state index in [1.165, 1.54) is 11.3 Å². The predicted molar refractivity (Wildman–Crippen MR) is 84.6 cm³/mol. The highest BCUT2D eigenvalue weighted by atomic mass is 32.1. The average Bonchev–Trinajstić information content (AvgIpc) is 2.90. The van der Waals surface area contributed by atoms with Crippen LogP contribution in [0.25, 0.3) is 0 Å². The lowest BCUT2D eigenvalue weighted by Gasteiger charge is -2.14. The summed E-state index contributed by atoms with van der Waals surface area (Å²) >= 11 is 1.26. The summed E-state index contributed by atoms with van der Waals surface area (Å²) in [5.41, 5.74) is 0.997. The Morgan fingerprint density at radius 3 is 2.59 bits per heavy atom. The number of anilines is 1. The van der Waals surface area contributed by atoms with Gasteiger partial charge in [0.25, 0.3) is 0 Å². The van der Waals surface area contributed by atoms with Crippen molar-refractivity contribution in [2.75, 3.05) is 5.32 Å². The third-order valence-electron chi connectivity index (χ3n) is 2.80. The van der Waals surface area contributed by atoms with Crippen LogP contribution in [0.3, 0.4) is 0 Å². The highest BCUT2D eigenvalue weighted by Crippen LogP contribution is 2.13. The Hall–Kier alpha value is -2.48. The van der Waals surface area contributed by atoms with Crippen molar-refractivity contribution < 1.29 is 9.59 Å². The molecule has 1 atom stereocenters. The van der Waals surface area contributed by atoms with E-state index in [2.05, 4.69) is 26.1 Å². The third kappa shape index (κ3) is 4.81. The van der Waals surface area contributed by atoms with E-state index in [0.29, 0.717) is 11.7 Å². The Bertz CT molecular complexity index is 644. The zero-order chi connectivity index (χ0) is 15.9. The molecule has 0 aliphatic carbocycles. The molecule has 8 heteroatoms. The van der Waals surface area contributed by atoms with Crippen molar-refractivity contribution in [2.45, 2.75) is 26.4 Å². The molecule has 0 saturated carbocycles. The van der Waals surface area contributed by atoms with Crippen LogP contribution in [0.5, 0.6) is 0 Å². The van der Waals surface area contributed by atoms with Crippen LogP contribution < -0.4 is 16.0 Å². The number of urea groups is 1. The zero-order valence-electron chi connectivity index (χ0n) is 12.3. The van der Waals surface area contributed by atoms with Crippen molar-refractivity contribution >= 4 is 28.4 Å². The summed E-state index contributed by atoms with van der Waals surface area (Å²) in [6.07, 6.45) is 0. The number of carbonyl (C=O) groups excluding carboxylic acids is 2. The monoisotopic (exact) mass is 319 g/mol.